The van der Waals surface area contributed by atoms with Crippen LogP contribution in [0.3, 0.4) is 0 Å². The quantitative estimate of drug-likeness (QED) is 0.468. The first-order valence-electron chi connectivity index (χ1n) is 4.16. The molecule has 1 aromatic rings. The van der Waals surface area contributed by atoms with Gasteiger partial charge in [-0.1, -0.05) is 25.4 Å². The minimum absolute atomic E-state index is 0.0851. The molecule has 0 aliphatic rings. The number of hydrogen-bond acceptors (Lipinski definition) is 3. The van der Waals surface area contributed by atoms with Gasteiger partial charge in [0, 0.05) is 11.1 Å². The number of nitrogen functional groups attached to an aromatic ring is 1. The number of anilines is 1. The first-order valence-corrected chi connectivity index (χ1v) is 4.54. The number of nitrogens with two attached hydrogens (primary N) is 1. The van der Waals surface area contributed by atoms with Gasteiger partial charge in [0.25, 0.3) is 5.69 Å². The standard InChI is InChI=1S/C9H11ClN2O2/c1-5(2)6-3-9(12(13)14)8(11)4-7(6)10/h3-5H,11H2,1-2H3. The van der Waals surface area contributed by atoms with Gasteiger partial charge in [-0.2, -0.15) is 0 Å². The highest BCUT2D eigenvalue weighted by atomic mass is 35.5. The van der Waals surface area contributed by atoms with Gasteiger partial charge in [-0.25, -0.2) is 0 Å². The molecule has 4 nitrogen and oxygen atoms in total. The molecule has 0 fully saturated rings. The topological polar surface area (TPSA) is 69.2 Å². The maximum atomic E-state index is 10.6. The Balaban J connectivity index is 3.34. The molecule has 0 bridgehead atoms. The van der Waals surface area contributed by atoms with Crippen molar-refractivity contribution in [3.8, 4) is 0 Å². The number of nitrogens with zero attached hydrogens (tertiary/aromatic N) is 1. The molecule has 0 spiro atoms. The number of nitro groups is 1. The first-order chi connectivity index (χ1) is 6.43. The van der Waals surface area contributed by atoms with Crippen molar-refractivity contribution in [1.82, 2.24) is 0 Å². The summed E-state index contributed by atoms with van der Waals surface area (Å²) in [6, 6.07) is 2.86. The van der Waals surface area contributed by atoms with Crippen LogP contribution in [0.1, 0.15) is 25.3 Å². The Hall–Kier alpha value is -1.29. The van der Waals surface area contributed by atoms with Crippen LogP contribution in [0.2, 0.25) is 5.02 Å². The van der Waals surface area contributed by atoms with Crippen molar-refractivity contribution < 1.29 is 4.92 Å². The summed E-state index contributed by atoms with van der Waals surface area (Å²) in [5.41, 5.74) is 6.22. The zero-order valence-corrected chi connectivity index (χ0v) is 8.71. The van der Waals surface area contributed by atoms with Crippen molar-refractivity contribution in [2.24, 2.45) is 0 Å². The molecule has 0 atom stereocenters. The van der Waals surface area contributed by atoms with E-state index >= 15 is 0 Å². The van der Waals surface area contributed by atoms with Crippen LogP contribution in [-0.2, 0) is 0 Å². The first kappa shape index (κ1) is 10.8. The van der Waals surface area contributed by atoms with Gasteiger partial charge < -0.3 is 5.73 Å². The maximum absolute atomic E-state index is 10.6. The van der Waals surface area contributed by atoms with E-state index in [4.69, 9.17) is 17.3 Å². The van der Waals surface area contributed by atoms with Gasteiger partial charge in [-0.05, 0) is 17.5 Å². The summed E-state index contributed by atoms with van der Waals surface area (Å²) < 4.78 is 0. The second-order valence-electron chi connectivity index (χ2n) is 3.34. The Labute approximate surface area is 86.8 Å². The van der Waals surface area contributed by atoms with E-state index < -0.39 is 4.92 Å². The molecule has 76 valence electrons. The number of halogens is 1. The fraction of sp³-hybridized carbons (Fsp3) is 0.333. The fourth-order valence-corrected chi connectivity index (χ4v) is 1.58. The van der Waals surface area contributed by atoms with Gasteiger partial charge in [-0.3, -0.25) is 10.1 Å². The van der Waals surface area contributed by atoms with E-state index in [1.807, 2.05) is 13.8 Å². The van der Waals surface area contributed by atoms with Gasteiger partial charge in [0.05, 0.1) is 4.92 Å². The third-order valence-corrected chi connectivity index (χ3v) is 2.29. The van der Waals surface area contributed by atoms with Gasteiger partial charge in [0.1, 0.15) is 5.69 Å². The lowest BCUT2D eigenvalue weighted by molar-refractivity contribution is -0.384. The monoisotopic (exact) mass is 214 g/mol. The fourth-order valence-electron chi connectivity index (χ4n) is 1.19. The summed E-state index contributed by atoms with van der Waals surface area (Å²) in [4.78, 5) is 10.1. The van der Waals surface area contributed by atoms with Crippen molar-refractivity contribution >= 4 is 23.0 Å². The van der Waals surface area contributed by atoms with E-state index in [1.54, 1.807) is 0 Å². The van der Waals surface area contributed by atoms with E-state index in [9.17, 15) is 10.1 Å². The average Bonchev–Trinajstić information content (AvgIpc) is 2.02. The van der Waals surface area contributed by atoms with Crippen molar-refractivity contribution in [2.45, 2.75) is 19.8 Å². The average molecular weight is 215 g/mol. The van der Waals surface area contributed by atoms with Crippen LogP contribution in [0.15, 0.2) is 12.1 Å². The van der Waals surface area contributed by atoms with E-state index in [0.717, 1.165) is 5.56 Å². The molecule has 1 rings (SSSR count). The third-order valence-electron chi connectivity index (χ3n) is 1.96. The summed E-state index contributed by atoms with van der Waals surface area (Å²) in [5, 5.41) is 11.1. The lowest BCUT2D eigenvalue weighted by Gasteiger charge is -2.08. The molecule has 0 amide bonds. The predicted molar refractivity (Wildman–Crippen MR) is 56.6 cm³/mol. The Morgan fingerprint density at radius 2 is 2.07 bits per heavy atom. The molecular formula is C9H11ClN2O2. The van der Waals surface area contributed by atoms with Gasteiger partial charge in [-0.15, -0.1) is 0 Å². The zero-order valence-electron chi connectivity index (χ0n) is 7.95. The minimum atomic E-state index is -0.502. The lowest BCUT2D eigenvalue weighted by Crippen LogP contribution is -1.99. The third kappa shape index (κ3) is 1.96. The highest BCUT2D eigenvalue weighted by Crippen LogP contribution is 2.32. The van der Waals surface area contributed by atoms with Crippen molar-refractivity contribution in [3.63, 3.8) is 0 Å². The van der Waals surface area contributed by atoms with Crippen LogP contribution in [0.4, 0.5) is 11.4 Å². The van der Waals surface area contributed by atoms with Crippen LogP contribution in [-0.4, -0.2) is 4.92 Å². The Morgan fingerprint density at radius 3 is 2.50 bits per heavy atom. The minimum Gasteiger partial charge on any atom is -0.393 e. The second-order valence-corrected chi connectivity index (χ2v) is 3.75. The summed E-state index contributed by atoms with van der Waals surface area (Å²) in [6.45, 7) is 3.84. The van der Waals surface area contributed by atoms with Crippen LogP contribution in [0.25, 0.3) is 0 Å². The smallest absolute Gasteiger partial charge is 0.292 e. The molecule has 0 heterocycles. The van der Waals surface area contributed by atoms with Crippen LogP contribution < -0.4 is 5.73 Å². The summed E-state index contributed by atoms with van der Waals surface area (Å²) in [6.07, 6.45) is 0. The normalized spacial score (nSPS) is 10.6. The van der Waals surface area contributed by atoms with Crippen LogP contribution in [0, 0.1) is 10.1 Å². The van der Waals surface area contributed by atoms with E-state index in [1.165, 1.54) is 12.1 Å². The van der Waals surface area contributed by atoms with Gasteiger partial charge in [0.15, 0.2) is 0 Å². The molecule has 0 aliphatic heterocycles. The van der Waals surface area contributed by atoms with Crippen molar-refractivity contribution in [2.75, 3.05) is 5.73 Å². The highest BCUT2D eigenvalue weighted by Gasteiger charge is 2.16. The highest BCUT2D eigenvalue weighted by molar-refractivity contribution is 6.31. The molecule has 0 saturated carbocycles. The number of rotatable bonds is 2. The largest absolute Gasteiger partial charge is 0.393 e. The van der Waals surface area contributed by atoms with Crippen LogP contribution in [0.5, 0.6) is 0 Å². The molecule has 0 unspecified atom stereocenters. The molecule has 2 N–H and O–H groups in total. The zero-order chi connectivity index (χ0) is 10.9. The Kier molecular flexibility index (Phi) is 2.96. The Morgan fingerprint density at radius 1 is 1.50 bits per heavy atom. The number of nitro benzene ring substituents is 1. The number of benzene rings is 1. The van der Waals surface area contributed by atoms with E-state index in [2.05, 4.69) is 0 Å². The maximum Gasteiger partial charge on any atom is 0.292 e. The molecule has 0 radical (unpaired) electrons. The summed E-state index contributed by atoms with van der Waals surface area (Å²) in [5.74, 6) is 0.141. The molecule has 5 heteroatoms. The molecule has 1 aromatic carbocycles. The van der Waals surface area contributed by atoms with Crippen molar-refractivity contribution in [3.05, 3.63) is 32.8 Å². The van der Waals surface area contributed by atoms with Gasteiger partial charge >= 0.3 is 0 Å². The lowest BCUT2D eigenvalue weighted by atomic mass is 10.0. The molecule has 0 aromatic heterocycles. The van der Waals surface area contributed by atoms with E-state index in [-0.39, 0.29) is 17.3 Å². The summed E-state index contributed by atoms with van der Waals surface area (Å²) >= 11 is 5.90. The number of hydrogen-bond donors (Lipinski definition) is 1. The molecular weight excluding hydrogens is 204 g/mol. The molecule has 0 aliphatic carbocycles. The SMILES string of the molecule is CC(C)c1cc([N+](=O)[O-])c(N)cc1Cl. The predicted octanol–water partition coefficient (Wildman–Crippen LogP) is 2.95. The van der Waals surface area contributed by atoms with Gasteiger partial charge in [0.2, 0.25) is 0 Å². The Bertz CT molecular complexity index is 377. The molecule has 14 heavy (non-hydrogen) atoms. The summed E-state index contributed by atoms with van der Waals surface area (Å²) in [7, 11) is 0. The second kappa shape index (κ2) is 3.84. The van der Waals surface area contributed by atoms with E-state index in [0.29, 0.717) is 5.02 Å². The van der Waals surface area contributed by atoms with Crippen molar-refractivity contribution in [1.29, 1.82) is 0 Å². The molecule has 0 saturated heterocycles. The van der Waals surface area contributed by atoms with Crippen LogP contribution >= 0.6 is 11.6 Å².